The van der Waals surface area contributed by atoms with Crippen molar-refractivity contribution in [3.05, 3.63) is 41.5 Å². The number of piperidine rings is 1. The number of carbonyl (C=O) groups excluding carboxylic acids is 1. The molecule has 2 aromatic rings. The first-order chi connectivity index (χ1) is 14.6. The van der Waals surface area contributed by atoms with Gasteiger partial charge in [0.05, 0.1) is 12.6 Å². The summed E-state index contributed by atoms with van der Waals surface area (Å²) in [5.74, 6) is 1.59. The average molecular weight is 415 g/mol. The van der Waals surface area contributed by atoms with E-state index in [-0.39, 0.29) is 17.8 Å². The van der Waals surface area contributed by atoms with Gasteiger partial charge in [-0.05, 0) is 79.2 Å². The van der Waals surface area contributed by atoms with E-state index in [9.17, 15) is 9.18 Å². The molecule has 4 rings (SSSR count). The molecule has 1 amide bonds. The summed E-state index contributed by atoms with van der Waals surface area (Å²) in [6, 6.07) is 6.58. The Hall–Kier alpha value is -2.35. The summed E-state index contributed by atoms with van der Waals surface area (Å²) in [4.78, 5) is 17.2. The van der Waals surface area contributed by atoms with Gasteiger partial charge in [0.2, 0.25) is 5.91 Å². The minimum absolute atomic E-state index is 0.0585. The van der Waals surface area contributed by atoms with Crippen LogP contribution in [0.15, 0.2) is 24.3 Å². The highest BCUT2D eigenvalue weighted by Crippen LogP contribution is 2.32. The fraction of sp³-hybridized carbons (Fsp3) is 0.636. The molecule has 2 aliphatic heterocycles. The van der Waals surface area contributed by atoms with Crippen LogP contribution in [0.25, 0.3) is 0 Å². The Morgan fingerprint density at radius 3 is 2.67 bits per heavy atom. The fourth-order valence-corrected chi connectivity index (χ4v) is 4.55. The normalized spacial score (nSPS) is 20.7. The van der Waals surface area contributed by atoms with Gasteiger partial charge in [0, 0.05) is 19.5 Å². The number of likely N-dealkylation sites (tertiary alicyclic amines) is 2. The minimum Gasteiger partial charge on any atom is -0.336 e. The molecule has 162 valence electrons. The van der Waals surface area contributed by atoms with Gasteiger partial charge < -0.3 is 4.90 Å². The number of hydrogen-bond acceptors (Lipinski definition) is 5. The van der Waals surface area contributed by atoms with Gasteiger partial charge in [0.15, 0.2) is 5.82 Å². The maximum absolute atomic E-state index is 13.2. The van der Waals surface area contributed by atoms with Crippen LogP contribution in [-0.2, 0) is 17.9 Å². The molecule has 0 aliphatic carbocycles. The van der Waals surface area contributed by atoms with Crippen molar-refractivity contribution in [2.45, 2.75) is 64.6 Å². The molecule has 1 atom stereocenters. The molecule has 1 aromatic heterocycles. The number of aromatic nitrogens is 4. The van der Waals surface area contributed by atoms with Crippen molar-refractivity contribution in [2.75, 3.05) is 19.6 Å². The average Bonchev–Trinajstić information content (AvgIpc) is 3.40. The summed E-state index contributed by atoms with van der Waals surface area (Å²) in [6.45, 7) is 6.67. The Bertz CT molecular complexity index is 830. The lowest BCUT2D eigenvalue weighted by atomic mass is 9.99. The van der Waals surface area contributed by atoms with Gasteiger partial charge in [-0.3, -0.25) is 9.69 Å². The minimum atomic E-state index is -0.245. The lowest BCUT2D eigenvalue weighted by molar-refractivity contribution is -0.132. The van der Waals surface area contributed by atoms with Crippen molar-refractivity contribution < 1.29 is 9.18 Å². The zero-order valence-electron chi connectivity index (χ0n) is 17.7. The number of nitrogens with zero attached hydrogens (tertiary/aromatic N) is 6. The standard InChI is InChI=1S/C22H31FN6O/c1-17-10-14-27(15-11-17)16-21-24-25-26-29(21)13-3-5-22(30)28-12-2-4-20(28)18-6-8-19(23)9-7-18/h6-9,17,20H,2-5,10-16H2,1H3/t20-/m1/s1. The van der Waals surface area contributed by atoms with E-state index in [4.69, 9.17) is 0 Å². The lowest BCUT2D eigenvalue weighted by Gasteiger charge is -2.29. The molecule has 0 radical (unpaired) electrons. The lowest BCUT2D eigenvalue weighted by Crippen LogP contribution is -2.33. The summed E-state index contributed by atoms with van der Waals surface area (Å²) < 4.78 is 15.1. The van der Waals surface area contributed by atoms with E-state index >= 15 is 0 Å². The summed E-state index contributed by atoms with van der Waals surface area (Å²) in [6.07, 6.45) is 5.55. The zero-order valence-corrected chi connectivity index (χ0v) is 17.7. The SMILES string of the molecule is CC1CCN(Cc2nnnn2CCCC(=O)N2CCC[C@@H]2c2ccc(F)cc2)CC1. The Labute approximate surface area is 177 Å². The van der Waals surface area contributed by atoms with Gasteiger partial charge in [-0.2, -0.15) is 0 Å². The molecular weight excluding hydrogens is 383 g/mol. The van der Waals surface area contributed by atoms with Crippen LogP contribution >= 0.6 is 0 Å². The first kappa shape index (κ1) is 20.9. The number of halogens is 1. The van der Waals surface area contributed by atoms with Crippen molar-refractivity contribution in [3.63, 3.8) is 0 Å². The number of tetrazole rings is 1. The van der Waals surface area contributed by atoms with Crippen LogP contribution in [0.3, 0.4) is 0 Å². The predicted molar refractivity (Wildman–Crippen MR) is 111 cm³/mol. The molecule has 7 nitrogen and oxygen atoms in total. The number of hydrogen-bond donors (Lipinski definition) is 0. The van der Waals surface area contributed by atoms with Crippen molar-refractivity contribution in [1.29, 1.82) is 0 Å². The second-order valence-corrected chi connectivity index (χ2v) is 8.68. The van der Waals surface area contributed by atoms with Crippen LogP contribution in [0.1, 0.15) is 62.9 Å². The number of carbonyl (C=O) groups is 1. The third-order valence-corrected chi connectivity index (χ3v) is 6.44. The predicted octanol–water partition coefficient (Wildman–Crippen LogP) is 3.19. The Balaban J connectivity index is 1.28. The molecule has 2 aliphatic rings. The maximum Gasteiger partial charge on any atom is 0.223 e. The van der Waals surface area contributed by atoms with Gasteiger partial charge in [-0.1, -0.05) is 19.1 Å². The zero-order chi connectivity index (χ0) is 20.9. The van der Waals surface area contributed by atoms with E-state index in [1.54, 1.807) is 12.1 Å². The summed E-state index contributed by atoms with van der Waals surface area (Å²) in [5.41, 5.74) is 1.01. The first-order valence-corrected chi connectivity index (χ1v) is 11.1. The quantitative estimate of drug-likeness (QED) is 0.696. The van der Waals surface area contributed by atoms with E-state index < -0.39 is 0 Å². The van der Waals surface area contributed by atoms with Crippen LogP contribution < -0.4 is 0 Å². The van der Waals surface area contributed by atoms with Crippen LogP contribution in [0.5, 0.6) is 0 Å². The third kappa shape index (κ3) is 5.03. The van der Waals surface area contributed by atoms with Crippen molar-refractivity contribution in [1.82, 2.24) is 30.0 Å². The maximum atomic E-state index is 13.2. The van der Waals surface area contributed by atoms with E-state index in [1.807, 2.05) is 9.58 Å². The highest BCUT2D eigenvalue weighted by Gasteiger charge is 2.29. The number of benzene rings is 1. The molecule has 0 unspecified atom stereocenters. The molecule has 0 spiro atoms. The Morgan fingerprint density at radius 1 is 1.13 bits per heavy atom. The van der Waals surface area contributed by atoms with Crippen LogP contribution in [0.4, 0.5) is 4.39 Å². The molecule has 1 aromatic carbocycles. The van der Waals surface area contributed by atoms with Crippen molar-refractivity contribution >= 4 is 5.91 Å². The summed E-state index contributed by atoms with van der Waals surface area (Å²) in [5, 5.41) is 12.2. The molecule has 8 heteroatoms. The number of aryl methyl sites for hydroxylation is 1. The number of amides is 1. The summed E-state index contributed by atoms with van der Waals surface area (Å²) in [7, 11) is 0. The molecule has 0 bridgehead atoms. The topological polar surface area (TPSA) is 67.2 Å². The molecule has 2 fully saturated rings. The fourth-order valence-electron chi connectivity index (χ4n) is 4.55. The highest BCUT2D eigenvalue weighted by atomic mass is 19.1. The molecule has 0 N–H and O–H groups in total. The van der Waals surface area contributed by atoms with E-state index in [2.05, 4.69) is 27.3 Å². The Morgan fingerprint density at radius 2 is 1.90 bits per heavy atom. The molecular formula is C22H31FN6O. The molecule has 30 heavy (non-hydrogen) atoms. The molecule has 3 heterocycles. The number of rotatable bonds is 7. The molecule has 0 saturated carbocycles. The second-order valence-electron chi connectivity index (χ2n) is 8.68. The highest BCUT2D eigenvalue weighted by molar-refractivity contribution is 5.77. The van der Waals surface area contributed by atoms with E-state index in [1.165, 1.54) is 25.0 Å². The Kier molecular flexibility index (Phi) is 6.72. The van der Waals surface area contributed by atoms with Gasteiger partial charge in [-0.15, -0.1) is 5.10 Å². The van der Waals surface area contributed by atoms with Gasteiger partial charge in [0.1, 0.15) is 5.82 Å². The van der Waals surface area contributed by atoms with Crippen molar-refractivity contribution in [3.8, 4) is 0 Å². The van der Waals surface area contributed by atoms with Crippen LogP contribution in [0.2, 0.25) is 0 Å². The largest absolute Gasteiger partial charge is 0.336 e. The molecule has 2 saturated heterocycles. The smallest absolute Gasteiger partial charge is 0.223 e. The van der Waals surface area contributed by atoms with Crippen molar-refractivity contribution in [2.24, 2.45) is 5.92 Å². The van der Waals surface area contributed by atoms with E-state index in [0.717, 1.165) is 56.3 Å². The van der Waals surface area contributed by atoms with Gasteiger partial charge in [-0.25, -0.2) is 9.07 Å². The van der Waals surface area contributed by atoms with Crippen LogP contribution in [0, 0.1) is 11.7 Å². The summed E-state index contributed by atoms with van der Waals surface area (Å²) >= 11 is 0. The van der Waals surface area contributed by atoms with E-state index in [0.29, 0.717) is 19.4 Å². The van der Waals surface area contributed by atoms with Crippen LogP contribution in [-0.4, -0.2) is 55.5 Å². The van der Waals surface area contributed by atoms with Gasteiger partial charge >= 0.3 is 0 Å². The second kappa shape index (κ2) is 9.64. The van der Waals surface area contributed by atoms with Gasteiger partial charge in [0.25, 0.3) is 0 Å². The monoisotopic (exact) mass is 414 g/mol. The third-order valence-electron chi connectivity index (χ3n) is 6.44. The first-order valence-electron chi connectivity index (χ1n) is 11.1.